The Bertz CT molecular complexity index is 1340. The van der Waals surface area contributed by atoms with Crippen LogP contribution < -0.4 is 0 Å². The molecule has 1 aromatic heterocycles. The number of phenols is 1. The number of rotatable bonds is 4. The maximum atomic E-state index is 13.5. The molecule has 2 saturated heterocycles. The number of carbonyl (C=O) groups is 2. The minimum Gasteiger partial charge on any atom is -0.507 e. The summed E-state index contributed by atoms with van der Waals surface area (Å²) in [5, 5.41) is 18.4. The van der Waals surface area contributed by atoms with Gasteiger partial charge in [0.1, 0.15) is 5.75 Å². The summed E-state index contributed by atoms with van der Waals surface area (Å²) in [7, 11) is 2.16. The van der Waals surface area contributed by atoms with Crippen molar-refractivity contribution in [2.75, 3.05) is 46.3 Å². The average molecular weight is 503 g/mol. The second-order valence-corrected chi connectivity index (χ2v) is 10.7. The van der Waals surface area contributed by atoms with E-state index in [0.717, 1.165) is 76.2 Å². The molecular weight excluding hydrogens is 468 g/mol. The zero-order valence-electron chi connectivity index (χ0n) is 21.4. The molecule has 0 saturated carbocycles. The summed E-state index contributed by atoms with van der Waals surface area (Å²) in [6.45, 7) is 7.68. The molecule has 0 atom stereocenters. The maximum absolute atomic E-state index is 13.5. The highest BCUT2D eigenvalue weighted by atomic mass is 16.3. The number of aromatic nitrogens is 2. The van der Waals surface area contributed by atoms with Crippen LogP contribution in [-0.4, -0.2) is 93.0 Å². The highest BCUT2D eigenvalue weighted by molar-refractivity contribution is 6.08. The summed E-state index contributed by atoms with van der Waals surface area (Å²) in [5.74, 6) is -0.477. The average Bonchev–Trinajstić information content (AvgIpc) is 3.53. The van der Waals surface area contributed by atoms with Crippen LogP contribution in [0.5, 0.6) is 5.75 Å². The molecule has 37 heavy (non-hydrogen) atoms. The quantitative estimate of drug-likeness (QED) is 0.570. The number of aromatic hydroxyl groups is 1. The van der Waals surface area contributed by atoms with Gasteiger partial charge in [0, 0.05) is 70.4 Å². The molecule has 9 heteroatoms. The number of likely N-dealkylation sites (N-methyl/N-ethyl adjacent to an activating group) is 1. The number of carbonyl (C=O) groups excluding carboxylic acids is 2. The number of H-pyrrole nitrogens is 1. The minimum absolute atomic E-state index is 0.107. The number of phenolic OH excluding ortho intramolecular Hbond substituents is 1. The van der Waals surface area contributed by atoms with Crippen molar-refractivity contribution in [1.29, 1.82) is 0 Å². The van der Waals surface area contributed by atoms with Crippen LogP contribution in [0.2, 0.25) is 0 Å². The molecule has 4 heterocycles. The van der Waals surface area contributed by atoms with E-state index in [0.29, 0.717) is 29.7 Å². The lowest BCUT2D eigenvalue weighted by atomic mass is 10.1. The van der Waals surface area contributed by atoms with Gasteiger partial charge < -0.3 is 19.8 Å². The zero-order valence-corrected chi connectivity index (χ0v) is 21.4. The molecule has 0 bridgehead atoms. The van der Waals surface area contributed by atoms with E-state index in [1.165, 1.54) is 11.6 Å². The van der Waals surface area contributed by atoms with Gasteiger partial charge in [-0.05, 0) is 49.1 Å². The Kier molecular flexibility index (Phi) is 6.34. The zero-order chi connectivity index (χ0) is 25.5. The van der Waals surface area contributed by atoms with E-state index >= 15 is 0 Å². The van der Waals surface area contributed by atoms with Gasteiger partial charge in [-0.2, -0.15) is 5.10 Å². The van der Waals surface area contributed by atoms with E-state index in [4.69, 9.17) is 0 Å². The summed E-state index contributed by atoms with van der Waals surface area (Å²) >= 11 is 0. The van der Waals surface area contributed by atoms with Crippen molar-refractivity contribution in [1.82, 2.24) is 29.8 Å². The number of piperidine rings is 1. The molecule has 9 nitrogen and oxygen atoms in total. The third kappa shape index (κ3) is 4.69. The number of aromatic amines is 1. The van der Waals surface area contributed by atoms with Gasteiger partial charge in [-0.15, -0.1) is 0 Å². The molecule has 0 aliphatic carbocycles. The normalized spacial score (nSPS) is 18.9. The Labute approximate surface area is 216 Å². The molecule has 2 N–H and O–H groups in total. The number of fused-ring (bicyclic) bond motifs is 2. The second-order valence-electron chi connectivity index (χ2n) is 10.7. The summed E-state index contributed by atoms with van der Waals surface area (Å²) in [4.78, 5) is 35.1. The molecule has 2 fully saturated rings. The largest absolute Gasteiger partial charge is 0.507 e. The van der Waals surface area contributed by atoms with Crippen molar-refractivity contribution in [3.05, 3.63) is 58.3 Å². The Morgan fingerprint density at radius 3 is 2.43 bits per heavy atom. The monoisotopic (exact) mass is 502 g/mol. The van der Waals surface area contributed by atoms with Crippen LogP contribution in [0, 0.1) is 0 Å². The first-order chi connectivity index (χ1) is 18.0. The lowest BCUT2D eigenvalue weighted by molar-refractivity contribution is 0.0717. The third-order valence-electron chi connectivity index (χ3n) is 8.04. The number of likely N-dealkylation sites (tertiary alicyclic amines) is 1. The number of hydrogen-bond donors (Lipinski definition) is 2. The molecule has 3 aromatic rings. The van der Waals surface area contributed by atoms with Crippen molar-refractivity contribution in [2.24, 2.45) is 0 Å². The third-order valence-corrected chi connectivity index (χ3v) is 8.04. The van der Waals surface area contributed by atoms with Crippen molar-refractivity contribution >= 4 is 22.7 Å². The van der Waals surface area contributed by atoms with Gasteiger partial charge in [0.25, 0.3) is 11.8 Å². The van der Waals surface area contributed by atoms with Gasteiger partial charge in [-0.25, -0.2) is 0 Å². The molecule has 2 amide bonds. The van der Waals surface area contributed by atoms with Crippen LogP contribution in [0.15, 0.2) is 30.3 Å². The number of amides is 2. The fourth-order valence-electron chi connectivity index (χ4n) is 5.76. The first kappa shape index (κ1) is 23.9. The standard InChI is InChI=1S/C28H34N6O3/c1-31-9-11-32(12-10-31)16-19-5-6-20-17-34(18-21(20)13-19)27(36)23-14-22-24(15-25(23)35)29-30-26(22)28(37)33-7-3-2-4-8-33/h5-6,13-15,35H,2-4,7-12,16-18H2,1H3,(H,29,30). The predicted octanol–water partition coefficient (Wildman–Crippen LogP) is 2.80. The van der Waals surface area contributed by atoms with E-state index in [1.54, 1.807) is 11.0 Å². The first-order valence-electron chi connectivity index (χ1n) is 13.3. The topological polar surface area (TPSA) is 96.0 Å². The predicted molar refractivity (Wildman–Crippen MR) is 140 cm³/mol. The fraction of sp³-hybridized carbons (Fsp3) is 0.464. The molecule has 3 aliphatic rings. The lowest BCUT2D eigenvalue weighted by Crippen LogP contribution is -2.43. The molecule has 0 radical (unpaired) electrons. The van der Waals surface area contributed by atoms with Gasteiger partial charge in [0.2, 0.25) is 0 Å². The molecule has 6 rings (SSSR count). The fourth-order valence-corrected chi connectivity index (χ4v) is 5.76. The molecule has 194 valence electrons. The number of benzene rings is 2. The summed E-state index contributed by atoms with van der Waals surface area (Å²) < 4.78 is 0. The van der Waals surface area contributed by atoms with Crippen molar-refractivity contribution in [3.63, 3.8) is 0 Å². The van der Waals surface area contributed by atoms with Crippen LogP contribution in [0.4, 0.5) is 0 Å². The summed E-state index contributed by atoms with van der Waals surface area (Å²) in [5.41, 5.74) is 4.62. The molecule has 0 unspecified atom stereocenters. The van der Waals surface area contributed by atoms with Crippen molar-refractivity contribution < 1.29 is 14.7 Å². The van der Waals surface area contributed by atoms with Crippen LogP contribution in [0.1, 0.15) is 56.8 Å². The number of hydrogen-bond acceptors (Lipinski definition) is 6. The Morgan fingerprint density at radius 2 is 1.65 bits per heavy atom. The molecule has 3 aliphatic heterocycles. The van der Waals surface area contributed by atoms with Crippen molar-refractivity contribution in [3.8, 4) is 5.75 Å². The number of nitrogens with zero attached hydrogens (tertiary/aromatic N) is 5. The smallest absolute Gasteiger partial charge is 0.274 e. The summed E-state index contributed by atoms with van der Waals surface area (Å²) in [6.07, 6.45) is 3.11. The first-order valence-corrected chi connectivity index (χ1v) is 13.3. The van der Waals surface area contributed by atoms with Crippen LogP contribution in [0.25, 0.3) is 10.9 Å². The van der Waals surface area contributed by atoms with Gasteiger partial charge >= 0.3 is 0 Å². The molecule has 2 aromatic carbocycles. The molecular formula is C28H34N6O3. The van der Waals surface area contributed by atoms with E-state index < -0.39 is 0 Å². The van der Waals surface area contributed by atoms with Gasteiger partial charge in [0.05, 0.1) is 11.1 Å². The lowest BCUT2D eigenvalue weighted by Gasteiger charge is -2.32. The van der Waals surface area contributed by atoms with E-state index in [2.05, 4.69) is 45.2 Å². The van der Waals surface area contributed by atoms with E-state index in [1.807, 2.05) is 4.90 Å². The highest BCUT2D eigenvalue weighted by Gasteiger charge is 2.29. The Hall–Kier alpha value is -3.43. The van der Waals surface area contributed by atoms with Crippen molar-refractivity contribution in [2.45, 2.75) is 38.9 Å². The van der Waals surface area contributed by atoms with Gasteiger partial charge in [0.15, 0.2) is 5.69 Å². The molecule has 0 spiro atoms. The van der Waals surface area contributed by atoms with E-state index in [-0.39, 0.29) is 23.1 Å². The highest BCUT2D eigenvalue weighted by Crippen LogP contribution is 2.31. The van der Waals surface area contributed by atoms with Crippen LogP contribution in [0.3, 0.4) is 0 Å². The number of nitrogens with one attached hydrogen (secondary N) is 1. The maximum Gasteiger partial charge on any atom is 0.274 e. The Balaban J connectivity index is 1.20. The van der Waals surface area contributed by atoms with Gasteiger partial charge in [-0.1, -0.05) is 18.2 Å². The van der Waals surface area contributed by atoms with Crippen LogP contribution in [-0.2, 0) is 19.6 Å². The second kappa shape index (κ2) is 9.79. The summed E-state index contributed by atoms with van der Waals surface area (Å²) in [6, 6.07) is 9.63. The Morgan fingerprint density at radius 1 is 0.892 bits per heavy atom. The minimum atomic E-state index is -0.242. The van der Waals surface area contributed by atoms with E-state index in [9.17, 15) is 14.7 Å². The number of piperazine rings is 1. The SMILES string of the molecule is CN1CCN(Cc2ccc3c(c2)CN(C(=O)c2cc4c(C(=O)N5CCCCC5)n[nH]c4cc2O)C3)CC1. The van der Waals surface area contributed by atoms with Crippen LogP contribution >= 0.6 is 0 Å². The van der Waals surface area contributed by atoms with Gasteiger partial charge in [-0.3, -0.25) is 19.6 Å².